The van der Waals surface area contributed by atoms with Crippen molar-refractivity contribution >= 4 is 39.7 Å². The van der Waals surface area contributed by atoms with Gasteiger partial charge in [0, 0.05) is 0 Å². The third-order valence-electron chi connectivity index (χ3n) is 4.12. The molecule has 3 aromatic carbocycles. The van der Waals surface area contributed by atoms with Crippen LogP contribution in [0, 0.1) is 5.41 Å². The first kappa shape index (κ1) is 16.4. The lowest BCUT2D eigenvalue weighted by atomic mass is 10.1. The molecule has 2 N–H and O–H groups in total. The molecular weight excluding hydrogens is 344 g/mol. The van der Waals surface area contributed by atoms with Crippen LogP contribution in [-0.4, -0.2) is 11.1 Å². The van der Waals surface area contributed by atoms with Gasteiger partial charge >= 0.3 is 0 Å². The summed E-state index contributed by atoms with van der Waals surface area (Å²) in [6.45, 7) is 0.497. The largest absolute Gasteiger partial charge is 0.489 e. The van der Waals surface area contributed by atoms with Gasteiger partial charge in [-0.15, -0.1) is 0 Å². The van der Waals surface area contributed by atoms with Crippen molar-refractivity contribution in [2.45, 2.75) is 6.61 Å². The SMILES string of the molecule is N=C1NC(=O)C(=Cc2ccc(OCc3cccc4ccccc34)cc2)S1. The second-order valence-corrected chi connectivity index (χ2v) is 6.94. The van der Waals surface area contributed by atoms with Crippen molar-refractivity contribution in [1.29, 1.82) is 5.41 Å². The standard InChI is InChI=1S/C21H16N2O2S/c22-21-23-20(24)19(26-21)12-14-8-10-17(11-9-14)25-13-16-6-3-5-15-4-1-2-7-18(15)16/h1-12H,13H2,(H2,22,23,24). The fourth-order valence-electron chi connectivity index (χ4n) is 2.83. The van der Waals surface area contributed by atoms with Crippen molar-refractivity contribution in [3.8, 4) is 5.75 Å². The fourth-order valence-corrected chi connectivity index (χ4v) is 3.54. The summed E-state index contributed by atoms with van der Waals surface area (Å²) in [4.78, 5) is 12.2. The zero-order valence-corrected chi connectivity index (χ0v) is 14.7. The predicted molar refractivity (Wildman–Crippen MR) is 106 cm³/mol. The van der Waals surface area contributed by atoms with Gasteiger partial charge in [0.25, 0.3) is 5.91 Å². The van der Waals surface area contributed by atoms with E-state index in [1.165, 1.54) is 10.8 Å². The zero-order chi connectivity index (χ0) is 17.9. The molecule has 0 saturated carbocycles. The molecule has 26 heavy (non-hydrogen) atoms. The zero-order valence-electron chi connectivity index (χ0n) is 13.9. The lowest BCUT2D eigenvalue weighted by Gasteiger charge is -2.09. The van der Waals surface area contributed by atoms with E-state index in [0.29, 0.717) is 11.5 Å². The summed E-state index contributed by atoms with van der Waals surface area (Å²) in [5.41, 5.74) is 2.04. The molecule has 0 aliphatic carbocycles. The summed E-state index contributed by atoms with van der Waals surface area (Å²) in [6, 6.07) is 22.1. The summed E-state index contributed by atoms with van der Waals surface area (Å²) in [7, 11) is 0. The van der Waals surface area contributed by atoms with Gasteiger partial charge in [-0.05, 0) is 51.9 Å². The van der Waals surface area contributed by atoms with Crippen LogP contribution in [0.2, 0.25) is 0 Å². The molecule has 1 saturated heterocycles. The molecule has 4 nitrogen and oxygen atoms in total. The van der Waals surface area contributed by atoms with Gasteiger partial charge < -0.3 is 10.1 Å². The van der Waals surface area contributed by atoms with Crippen molar-refractivity contribution < 1.29 is 9.53 Å². The smallest absolute Gasteiger partial charge is 0.264 e. The lowest BCUT2D eigenvalue weighted by molar-refractivity contribution is -0.115. The van der Waals surface area contributed by atoms with Crippen LogP contribution >= 0.6 is 11.8 Å². The van der Waals surface area contributed by atoms with E-state index in [2.05, 4.69) is 29.6 Å². The van der Waals surface area contributed by atoms with Gasteiger partial charge in [-0.1, -0.05) is 54.6 Å². The highest BCUT2D eigenvalue weighted by Crippen LogP contribution is 2.26. The van der Waals surface area contributed by atoms with Crippen molar-refractivity contribution in [1.82, 2.24) is 5.32 Å². The summed E-state index contributed by atoms with van der Waals surface area (Å²) in [5, 5.41) is 12.5. The molecule has 0 bridgehead atoms. The highest BCUT2D eigenvalue weighted by atomic mass is 32.2. The summed E-state index contributed by atoms with van der Waals surface area (Å²) in [5.74, 6) is 0.549. The Balaban J connectivity index is 1.47. The molecule has 3 aromatic rings. The molecular formula is C21H16N2O2S. The van der Waals surface area contributed by atoms with Gasteiger partial charge in [-0.2, -0.15) is 0 Å². The van der Waals surface area contributed by atoms with Crippen LogP contribution in [0.5, 0.6) is 5.75 Å². The highest BCUT2D eigenvalue weighted by molar-refractivity contribution is 8.18. The molecule has 1 heterocycles. The van der Waals surface area contributed by atoms with E-state index in [0.717, 1.165) is 28.6 Å². The number of amides is 1. The first-order valence-electron chi connectivity index (χ1n) is 8.18. The molecule has 128 valence electrons. The van der Waals surface area contributed by atoms with Crippen LogP contribution in [0.15, 0.2) is 71.6 Å². The maximum Gasteiger partial charge on any atom is 0.264 e. The Morgan fingerprint density at radius 3 is 2.54 bits per heavy atom. The Labute approximate surface area is 155 Å². The van der Waals surface area contributed by atoms with E-state index in [1.54, 1.807) is 6.08 Å². The lowest BCUT2D eigenvalue weighted by Crippen LogP contribution is -2.18. The second-order valence-electron chi connectivity index (χ2n) is 5.89. The summed E-state index contributed by atoms with van der Waals surface area (Å²) < 4.78 is 5.92. The number of hydrogen-bond acceptors (Lipinski definition) is 4. The van der Waals surface area contributed by atoms with E-state index in [-0.39, 0.29) is 11.1 Å². The van der Waals surface area contributed by atoms with E-state index >= 15 is 0 Å². The number of fused-ring (bicyclic) bond motifs is 1. The molecule has 1 amide bonds. The van der Waals surface area contributed by atoms with E-state index in [9.17, 15) is 4.79 Å². The van der Waals surface area contributed by atoms with Crippen LogP contribution in [0.4, 0.5) is 0 Å². The average molecular weight is 360 g/mol. The summed E-state index contributed by atoms with van der Waals surface area (Å²) in [6.07, 6.45) is 1.77. The molecule has 0 aromatic heterocycles. The van der Waals surface area contributed by atoms with Gasteiger partial charge in [0.05, 0.1) is 4.91 Å². The number of thioether (sulfide) groups is 1. The number of ether oxygens (including phenoxy) is 1. The molecule has 4 rings (SSSR count). The number of hydrogen-bond donors (Lipinski definition) is 2. The van der Waals surface area contributed by atoms with Gasteiger partial charge in [0.15, 0.2) is 5.17 Å². The van der Waals surface area contributed by atoms with E-state index in [4.69, 9.17) is 10.1 Å². The minimum absolute atomic E-state index is 0.163. The minimum Gasteiger partial charge on any atom is -0.489 e. The van der Waals surface area contributed by atoms with Crippen LogP contribution in [-0.2, 0) is 11.4 Å². The maximum absolute atomic E-state index is 11.7. The fraction of sp³-hybridized carbons (Fsp3) is 0.0476. The van der Waals surface area contributed by atoms with E-state index < -0.39 is 0 Å². The number of benzene rings is 3. The molecule has 0 unspecified atom stereocenters. The van der Waals surface area contributed by atoms with Crippen LogP contribution in [0.3, 0.4) is 0 Å². The topological polar surface area (TPSA) is 62.2 Å². The first-order valence-corrected chi connectivity index (χ1v) is 9.00. The van der Waals surface area contributed by atoms with Crippen LogP contribution in [0.1, 0.15) is 11.1 Å². The molecule has 5 heteroatoms. The molecule has 0 spiro atoms. The Morgan fingerprint density at radius 2 is 1.77 bits per heavy atom. The van der Waals surface area contributed by atoms with Gasteiger partial charge in [0.1, 0.15) is 12.4 Å². The maximum atomic E-state index is 11.7. The van der Waals surface area contributed by atoms with Crippen molar-refractivity contribution in [3.05, 3.63) is 82.8 Å². The monoisotopic (exact) mass is 360 g/mol. The quantitative estimate of drug-likeness (QED) is 0.671. The summed E-state index contributed by atoms with van der Waals surface area (Å²) >= 11 is 1.13. The molecule has 1 fully saturated rings. The van der Waals surface area contributed by atoms with Gasteiger partial charge in [0.2, 0.25) is 0 Å². The van der Waals surface area contributed by atoms with E-state index in [1.807, 2.05) is 42.5 Å². The van der Waals surface area contributed by atoms with Crippen LogP contribution in [0.25, 0.3) is 16.8 Å². The number of nitrogens with one attached hydrogen (secondary N) is 2. The van der Waals surface area contributed by atoms with Crippen molar-refractivity contribution in [3.63, 3.8) is 0 Å². The Morgan fingerprint density at radius 1 is 1.00 bits per heavy atom. The Kier molecular flexibility index (Phi) is 4.46. The molecule has 1 aliphatic heterocycles. The second kappa shape index (κ2) is 7.06. The first-order chi connectivity index (χ1) is 12.7. The third-order valence-corrected chi connectivity index (χ3v) is 4.94. The Hall–Kier alpha value is -3.05. The molecule has 1 aliphatic rings. The number of rotatable bonds is 4. The van der Waals surface area contributed by atoms with Gasteiger partial charge in [-0.25, -0.2) is 0 Å². The minimum atomic E-state index is -0.226. The predicted octanol–water partition coefficient (Wildman–Crippen LogP) is 4.56. The number of carbonyl (C=O) groups is 1. The number of carbonyl (C=O) groups excluding carboxylic acids is 1. The van der Waals surface area contributed by atoms with Crippen molar-refractivity contribution in [2.75, 3.05) is 0 Å². The highest BCUT2D eigenvalue weighted by Gasteiger charge is 2.21. The Bertz CT molecular complexity index is 1020. The molecule has 0 atom stereocenters. The normalized spacial score (nSPS) is 15.5. The van der Waals surface area contributed by atoms with Gasteiger partial charge in [-0.3, -0.25) is 10.2 Å². The average Bonchev–Trinajstić information content (AvgIpc) is 2.98. The van der Waals surface area contributed by atoms with Crippen LogP contribution < -0.4 is 10.1 Å². The van der Waals surface area contributed by atoms with Crippen molar-refractivity contribution in [2.24, 2.45) is 0 Å². The molecule has 0 radical (unpaired) electrons. The number of amidine groups is 1. The third kappa shape index (κ3) is 3.48.